The van der Waals surface area contributed by atoms with Crippen LogP contribution in [0.1, 0.15) is 11.6 Å². The third-order valence-corrected chi connectivity index (χ3v) is 3.47. The van der Waals surface area contributed by atoms with Crippen molar-refractivity contribution >= 4 is 23.2 Å². The SMILES string of the molecule is NC(C(=O)Nc1cc2c(cc1Cl)OCO2)c1ccccc1. The molecule has 0 aromatic heterocycles. The van der Waals surface area contributed by atoms with Crippen LogP contribution in [0.5, 0.6) is 11.5 Å². The average molecular weight is 305 g/mol. The van der Waals surface area contributed by atoms with Crippen LogP contribution in [0.25, 0.3) is 0 Å². The number of ether oxygens (including phenoxy) is 2. The van der Waals surface area contributed by atoms with Gasteiger partial charge in [0.2, 0.25) is 12.7 Å². The molecule has 2 aromatic carbocycles. The van der Waals surface area contributed by atoms with Gasteiger partial charge in [0.25, 0.3) is 0 Å². The third kappa shape index (κ3) is 2.79. The number of anilines is 1. The first-order chi connectivity index (χ1) is 10.1. The lowest BCUT2D eigenvalue weighted by molar-refractivity contribution is -0.117. The van der Waals surface area contributed by atoms with Gasteiger partial charge in [0.1, 0.15) is 6.04 Å². The molecule has 0 saturated heterocycles. The number of fused-ring (bicyclic) bond motifs is 1. The molecule has 0 fully saturated rings. The van der Waals surface area contributed by atoms with Gasteiger partial charge >= 0.3 is 0 Å². The largest absolute Gasteiger partial charge is 0.454 e. The number of amides is 1. The average Bonchev–Trinajstić information content (AvgIpc) is 2.94. The number of rotatable bonds is 3. The Labute approximate surface area is 126 Å². The molecule has 3 rings (SSSR count). The number of nitrogens with two attached hydrogens (primary N) is 1. The van der Waals surface area contributed by atoms with Crippen LogP contribution in [-0.2, 0) is 4.79 Å². The zero-order chi connectivity index (χ0) is 14.8. The van der Waals surface area contributed by atoms with Crippen LogP contribution in [0, 0.1) is 0 Å². The van der Waals surface area contributed by atoms with Crippen molar-refractivity contribution in [1.29, 1.82) is 0 Å². The summed E-state index contributed by atoms with van der Waals surface area (Å²) in [5.41, 5.74) is 7.11. The van der Waals surface area contributed by atoms with Gasteiger partial charge in [-0.05, 0) is 5.56 Å². The Kier molecular flexibility index (Phi) is 3.68. The summed E-state index contributed by atoms with van der Waals surface area (Å²) >= 11 is 6.11. The molecule has 1 amide bonds. The maximum Gasteiger partial charge on any atom is 0.245 e. The van der Waals surface area contributed by atoms with E-state index in [0.717, 1.165) is 5.56 Å². The summed E-state index contributed by atoms with van der Waals surface area (Å²) in [5, 5.41) is 3.08. The van der Waals surface area contributed by atoms with E-state index in [1.54, 1.807) is 24.3 Å². The number of nitrogens with one attached hydrogen (secondary N) is 1. The number of benzene rings is 2. The van der Waals surface area contributed by atoms with Crippen molar-refractivity contribution < 1.29 is 14.3 Å². The Morgan fingerprint density at radius 3 is 2.57 bits per heavy atom. The molecule has 1 unspecified atom stereocenters. The fourth-order valence-corrected chi connectivity index (χ4v) is 2.24. The zero-order valence-electron chi connectivity index (χ0n) is 11.0. The minimum Gasteiger partial charge on any atom is -0.454 e. The molecule has 21 heavy (non-hydrogen) atoms. The fraction of sp³-hybridized carbons (Fsp3) is 0.133. The van der Waals surface area contributed by atoms with E-state index in [2.05, 4.69) is 5.32 Å². The van der Waals surface area contributed by atoms with Gasteiger partial charge in [-0.25, -0.2) is 0 Å². The molecule has 6 heteroatoms. The van der Waals surface area contributed by atoms with Crippen LogP contribution in [0.2, 0.25) is 5.02 Å². The van der Waals surface area contributed by atoms with Crippen molar-refractivity contribution in [2.75, 3.05) is 12.1 Å². The normalized spacial score (nSPS) is 13.8. The van der Waals surface area contributed by atoms with E-state index in [0.29, 0.717) is 22.2 Å². The highest BCUT2D eigenvalue weighted by Crippen LogP contribution is 2.39. The standard InChI is InChI=1S/C15H13ClN2O3/c16-10-6-12-13(21-8-20-12)7-11(10)18-15(19)14(17)9-4-2-1-3-5-9/h1-7,14H,8,17H2,(H,18,19). The summed E-state index contributed by atoms with van der Waals surface area (Å²) in [5.74, 6) is 0.760. The first-order valence-corrected chi connectivity index (χ1v) is 6.73. The summed E-state index contributed by atoms with van der Waals surface area (Å²) in [7, 11) is 0. The quantitative estimate of drug-likeness (QED) is 0.914. The molecule has 0 radical (unpaired) electrons. The van der Waals surface area contributed by atoms with Crippen LogP contribution in [0.15, 0.2) is 42.5 Å². The van der Waals surface area contributed by atoms with Gasteiger partial charge in [-0.3, -0.25) is 4.79 Å². The van der Waals surface area contributed by atoms with Crippen molar-refractivity contribution in [3.05, 3.63) is 53.1 Å². The molecule has 2 aromatic rings. The summed E-state index contributed by atoms with van der Waals surface area (Å²) in [6.45, 7) is 0.145. The van der Waals surface area contributed by atoms with Crippen LogP contribution in [0.4, 0.5) is 5.69 Å². The Hall–Kier alpha value is -2.24. The van der Waals surface area contributed by atoms with E-state index in [1.807, 2.05) is 18.2 Å². The molecule has 0 bridgehead atoms. The van der Waals surface area contributed by atoms with Crippen molar-refractivity contribution in [3.63, 3.8) is 0 Å². The molecule has 1 atom stereocenters. The van der Waals surface area contributed by atoms with Gasteiger partial charge in [0.05, 0.1) is 10.7 Å². The highest BCUT2D eigenvalue weighted by Gasteiger charge is 2.20. The summed E-state index contributed by atoms with van der Waals surface area (Å²) in [6.07, 6.45) is 0. The minimum absolute atomic E-state index is 0.145. The first kappa shape index (κ1) is 13.7. The topological polar surface area (TPSA) is 73.6 Å². The van der Waals surface area contributed by atoms with Gasteiger partial charge in [-0.1, -0.05) is 41.9 Å². The van der Waals surface area contributed by atoms with Crippen molar-refractivity contribution in [2.45, 2.75) is 6.04 Å². The molecule has 5 nitrogen and oxygen atoms in total. The fourth-order valence-electron chi connectivity index (χ4n) is 2.04. The number of carbonyl (C=O) groups excluding carboxylic acids is 1. The Morgan fingerprint density at radius 1 is 1.19 bits per heavy atom. The molecule has 1 aliphatic heterocycles. The minimum atomic E-state index is -0.771. The predicted octanol–water partition coefficient (Wildman–Crippen LogP) is 2.71. The van der Waals surface area contributed by atoms with Gasteiger partial charge in [-0.2, -0.15) is 0 Å². The van der Waals surface area contributed by atoms with Crippen LogP contribution < -0.4 is 20.5 Å². The van der Waals surface area contributed by atoms with Crippen molar-refractivity contribution in [1.82, 2.24) is 0 Å². The molecule has 1 heterocycles. The van der Waals surface area contributed by atoms with E-state index >= 15 is 0 Å². The van der Waals surface area contributed by atoms with E-state index in [4.69, 9.17) is 26.8 Å². The molecular weight excluding hydrogens is 292 g/mol. The molecule has 108 valence electrons. The molecular formula is C15H13ClN2O3. The van der Waals surface area contributed by atoms with Crippen LogP contribution in [-0.4, -0.2) is 12.7 Å². The first-order valence-electron chi connectivity index (χ1n) is 6.35. The lowest BCUT2D eigenvalue weighted by Crippen LogP contribution is -2.27. The Balaban J connectivity index is 1.79. The van der Waals surface area contributed by atoms with Crippen molar-refractivity contribution in [3.8, 4) is 11.5 Å². The van der Waals surface area contributed by atoms with Gasteiger partial charge in [0.15, 0.2) is 11.5 Å². The summed E-state index contributed by atoms with van der Waals surface area (Å²) in [6, 6.07) is 11.6. The van der Waals surface area contributed by atoms with E-state index in [1.165, 1.54) is 0 Å². The van der Waals surface area contributed by atoms with Crippen LogP contribution in [0.3, 0.4) is 0 Å². The lowest BCUT2D eigenvalue weighted by Gasteiger charge is -2.13. The molecule has 3 N–H and O–H groups in total. The highest BCUT2D eigenvalue weighted by molar-refractivity contribution is 6.34. The maximum atomic E-state index is 12.2. The second kappa shape index (κ2) is 5.63. The maximum absolute atomic E-state index is 12.2. The summed E-state index contributed by atoms with van der Waals surface area (Å²) in [4.78, 5) is 12.2. The second-order valence-corrected chi connectivity index (χ2v) is 4.97. The van der Waals surface area contributed by atoms with Gasteiger partial charge in [-0.15, -0.1) is 0 Å². The lowest BCUT2D eigenvalue weighted by atomic mass is 10.1. The molecule has 0 saturated carbocycles. The molecule has 0 spiro atoms. The smallest absolute Gasteiger partial charge is 0.245 e. The second-order valence-electron chi connectivity index (χ2n) is 4.56. The van der Waals surface area contributed by atoms with Gasteiger partial charge < -0.3 is 20.5 Å². The number of halogens is 1. The van der Waals surface area contributed by atoms with Gasteiger partial charge in [0, 0.05) is 12.1 Å². The number of hydrogen-bond acceptors (Lipinski definition) is 4. The Morgan fingerprint density at radius 2 is 1.86 bits per heavy atom. The number of hydrogen-bond donors (Lipinski definition) is 2. The molecule has 0 aliphatic carbocycles. The zero-order valence-corrected chi connectivity index (χ0v) is 11.8. The van der Waals surface area contributed by atoms with E-state index in [9.17, 15) is 4.79 Å². The predicted molar refractivity (Wildman–Crippen MR) is 79.6 cm³/mol. The summed E-state index contributed by atoms with van der Waals surface area (Å²) < 4.78 is 10.5. The third-order valence-electron chi connectivity index (χ3n) is 3.16. The van der Waals surface area contributed by atoms with Crippen molar-refractivity contribution in [2.24, 2.45) is 5.73 Å². The molecule has 1 aliphatic rings. The van der Waals surface area contributed by atoms with E-state index in [-0.39, 0.29) is 12.7 Å². The highest BCUT2D eigenvalue weighted by atomic mass is 35.5. The van der Waals surface area contributed by atoms with Crippen LogP contribution >= 0.6 is 11.6 Å². The van der Waals surface area contributed by atoms with E-state index < -0.39 is 6.04 Å². The monoisotopic (exact) mass is 304 g/mol. The Bertz CT molecular complexity index is 676. The number of carbonyl (C=O) groups is 1.